The first kappa shape index (κ1) is 27.7. The van der Waals surface area contributed by atoms with Crippen molar-refractivity contribution in [1.82, 2.24) is 15.6 Å². The summed E-state index contributed by atoms with van der Waals surface area (Å²) in [6.07, 6.45) is 5.64. The lowest BCUT2D eigenvalue weighted by molar-refractivity contribution is -0.120. The number of amides is 1. The highest BCUT2D eigenvalue weighted by molar-refractivity contribution is 6.30. The van der Waals surface area contributed by atoms with Crippen LogP contribution in [0.3, 0.4) is 0 Å². The molecule has 3 N–H and O–H groups in total. The summed E-state index contributed by atoms with van der Waals surface area (Å²) in [5.41, 5.74) is 2.33. The van der Waals surface area contributed by atoms with Crippen LogP contribution in [0.4, 0.5) is 8.78 Å². The van der Waals surface area contributed by atoms with Gasteiger partial charge in [-0.15, -0.1) is 0 Å². The van der Waals surface area contributed by atoms with Gasteiger partial charge in [-0.3, -0.25) is 4.79 Å². The van der Waals surface area contributed by atoms with Crippen molar-refractivity contribution in [3.8, 4) is 5.88 Å². The third-order valence-electron chi connectivity index (χ3n) is 7.13. The first-order chi connectivity index (χ1) is 17.3. The molecule has 0 radical (unpaired) electrons. The monoisotopic (exact) mass is 535 g/mol. The largest absolute Gasteiger partial charge is 0.471 e. The first-order valence-electron chi connectivity index (χ1n) is 12.8. The zero-order valence-corrected chi connectivity index (χ0v) is 22.6. The fraction of sp³-hybridized carbons (Fsp3) is 0.571. The zero-order valence-electron chi connectivity index (χ0n) is 21.8. The number of rotatable bonds is 8. The molecule has 0 bridgehead atoms. The Morgan fingerprint density at radius 1 is 1.27 bits per heavy atom. The molecule has 0 saturated heterocycles. The number of carbonyl (C=O) groups excluding carboxylic acids is 1. The van der Waals surface area contributed by atoms with E-state index in [9.17, 15) is 18.7 Å². The molecule has 0 unspecified atom stereocenters. The smallest absolute Gasteiger partial charge is 0.218 e. The summed E-state index contributed by atoms with van der Waals surface area (Å²) in [5, 5.41) is 17.0. The van der Waals surface area contributed by atoms with Crippen LogP contribution in [0.5, 0.6) is 5.88 Å². The number of ether oxygens (including phenoxy) is 1. The van der Waals surface area contributed by atoms with Crippen molar-refractivity contribution in [2.75, 3.05) is 6.54 Å². The van der Waals surface area contributed by atoms with Gasteiger partial charge in [0.25, 0.3) is 0 Å². The number of carbonyl (C=O) groups is 1. The summed E-state index contributed by atoms with van der Waals surface area (Å²) >= 11 is 5.80. The first-order valence-corrected chi connectivity index (χ1v) is 13.2. The Kier molecular flexibility index (Phi) is 8.12. The van der Waals surface area contributed by atoms with E-state index in [1.165, 1.54) is 13.0 Å². The molecular formula is C28H36ClF2N3O3. The Hall–Kier alpha value is -2.29. The van der Waals surface area contributed by atoms with Crippen LogP contribution in [0.15, 0.2) is 24.4 Å². The Morgan fingerprint density at radius 2 is 2.00 bits per heavy atom. The van der Waals surface area contributed by atoms with Crippen molar-refractivity contribution in [2.24, 2.45) is 5.41 Å². The Labute approximate surface area is 222 Å². The van der Waals surface area contributed by atoms with Crippen LogP contribution in [-0.4, -0.2) is 40.3 Å². The molecule has 1 amide bonds. The number of pyridine rings is 1. The van der Waals surface area contributed by atoms with Crippen LogP contribution in [-0.2, 0) is 17.6 Å². The molecule has 1 aromatic heterocycles. The number of fused-ring (bicyclic) bond motifs is 1. The molecule has 1 spiro atoms. The van der Waals surface area contributed by atoms with Crippen molar-refractivity contribution in [2.45, 2.75) is 90.0 Å². The topological polar surface area (TPSA) is 83.5 Å². The van der Waals surface area contributed by atoms with E-state index in [0.717, 1.165) is 49.3 Å². The molecule has 2 aliphatic rings. The van der Waals surface area contributed by atoms with Crippen LogP contribution in [0.1, 0.15) is 76.1 Å². The van der Waals surface area contributed by atoms with E-state index in [2.05, 4.69) is 42.5 Å². The Balaban J connectivity index is 1.51. The summed E-state index contributed by atoms with van der Waals surface area (Å²) in [6, 6.07) is 3.67. The van der Waals surface area contributed by atoms with Gasteiger partial charge in [-0.1, -0.05) is 32.4 Å². The van der Waals surface area contributed by atoms with Crippen LogP contribution in [0.25, 0.3) is 0 Å². The summed E-state index contributed by atoms with van der Waals surface area (Å²) in [4.78, 5) is 16.5. The minimum absolute atomic E-state index is 0.0817. The summed E-state index contributed by atoms with van der Waals surface area (Å²) in [7, 11) is 0. The fourth-order valence-corrected chi connectivity index (χ4v) is 5.51. The third-order valence-corrected chi connectivity index (χ3v) is 7.40. The number of nitrogens with one attached hydrogen (secondary N) is 2. The van der Waals surface area contributed by atoms with Gasteiger partial charge >= 0.3 is 0 Å². The summed E-state index contributed by atoms with van der Waals surface area (Å²) in [6.45, 7) is 8.07. The van der Waals surface area contributed by atoms with Crippen LogP contribution < -0.4 is 15.4 Å². The van der Waals surface area contributed by atoms with Crippen LogP contribution in [0, 0.1) is 17.0 Å². The lowest BCUT2D eigenvalue weighted by Gasteiger charge is -2.47. The van der Waals surface area contributed by atoms with Crippen molar-refractivity contribution in [1.29, 1.82) is 0 Å². The summed E-state index contributed by atoms with van der Waals surface area (Å²) in [5.74, 6) is -1.89. The van der Waals surface area contributed by atoms with Gasteiger partial charge in [0.2, 0.25) is 11.8 Å². The molecule has 2 aromatic rings. The molecule has 1 aliphatic heterocycles. The van der Waals surface area contributed by atoms with E-state index in [-0.39, 0.29) is 41.0 Å². The van der Waals surface area contributed by atoms with E-state index in [4.69, 9.17) is 16.3 Å². The number of hydrogen-bond acceptors (Lipinski definition) is 5. The standard InChI is InChI=1S/C28H36ClF2N3O3/c1-16(35)34-22(11-17-9-20(29)25(31)21(30)10-17)24(36)15-32-23-13-28(6-5-7-28)37-26-19(23)8-18(14-33-26)12-27(2,3)4/h8-10,14,22-24,32,36H,5-7,11-13,15H2,1-4H3,(H,34,35)/t22-,23-,24+/m0/s1. The predicted octanol–water partition coefficient (Wildman–Crippen LogP) is 5.05. The molecule has 1 saturated carbocycles. The maximum Gasteiger partial charge on any atom is 0.218 e. The van der Waals surface area contributed by atoms with Crippen molar-refractivity contribution in [3.63, 3.8) is 0 Å². The van der Waals surface area contributed by atoms with Gasteiger partial charge in [0.15, 0.2) is 11.6 Å². The van der Waals surface area contributed by atoms with Gasteiger partial charge in [-0.25, -0.2) is 13.8 Å². The predicted molar refractivity (Wildman–Crippen MR) is 139 cm³/mol. The number of aliphatic hydroxyl groups is 1. The van der Waals surface area contributed by atoms with E-state index in [1.54, 1.807) is 0 Å². The maximum absolute atomic E-state index is 13.9. The van der Waals surface area contributed by atoms with Crippen molar-refractivity contribution >= 4 is 17.5 Å². The maximum atomic E-state index is 13.9. The van der Waals surface area contributed by atoms with Gasteiger partial charge < -0.3 is 20.5 Å². The lowest BCUT2D eigenvalue weighted by atomic mass is 9.73. The number of hydrogen-bond donors (Lipinski definition) is 3. The highest BCUT2D eigenvalue weighted by Gasteiger charge is 2.46. The molecule has 9 heteroatoms. The number of aliphatic hydroxyl groups excluding tert-OH is 1. The second kappa shape index (κ2) is 10.8. The third kappa shape index (κ3) is 6.78. The fourth-order valence-electron chi connectivity index (χ4n) is 5.28. The van der Waals surface area contributed by atoms with E-state index < -0.39 is 23.8 Å². The highest BCUT2D eigenvalue weighted by Crippen LogP contribution is 2.48. The molecular weight excluding hydrogens is 500 g/mol. The molecule has 2 heterocycles. The quantitative estimate of drug-likeness (QED) is 0.412. The second-order valence-corrected chi connectivity index (χ2v) is 12.1. The molecule has 202 valence electrons. The second-order valence-electron chi connectivity index (χ2n) is 11.7. The molecule has 1 aliphatic carbocycles. The summed E-state index contributed by atoms with van der Waals surface area (Å²) < 4.78 is 33.9. The van der Waals surface area contributed by atoms with Gasteiger partial charge in [-0.05, 0) is 66.8 Å². The molecule has 37 heavy (non-hydrogen) atoms. The Bertz CT molecular complexity index is 1130. The van der Waals surface area contributed by atoms with Crippen molar-refractivity contribution in [3.05, 3.63) is 57.7 Å². The van der Waals surface area contributed by atoms with E-state index in [1.807, 2.05) is 6.20 Å². The van der Waals surface area contributed by atoms with Gasteiger partial charge in [0.1, 0.15) is 5.60 Å². The van der Waals surface area contributed by atoms with Gasteiger partial charge in [0, 0.05) is 37.7 Å². The lowest BCUT2D eigenvalue weighted by Crippen LogP contribution is -2.52. The number of halogens is 3. The minimum atomic E-state index is -1.12. The molecule has 3 atom stereocenters. The van der Waals surface area contributed by atoms with Crippen LogP contribution >= 0.6 is 11.6 Å². The average Bonchev–Trinajstić information content (AvgIpc) is 2.78. The number of benzene rings is 1. The zero-order chi connectivity index (χ0) is 27.0. The number of nitrogens with zero attached hydrogens (tertiary/aromatic N) is 1. The van der Waals surface area contributed by atoms with Crippen molar-refractivity contribution < 1.29 is 23.4 Å². The highest BCUT2D eigenvalue weighted by atomic mass is 35.5. The van der Waals surface area contributed by atoms with Crippen LogP contribution in [0.2, 0.25) is 5.02 Å². The normalized spacial score (nSPS) is 19.9. The molecule has 4 rings (SSSR count). The van der Waals surface area contributed by atoms with Gasteiger partial charge in [0.05, 0.1) is 17.2 Å². The van der Waals surface area contributed by atoms with E-state index in [0.29, 0.717) is 11.4 Å². The molecule has 6 nitrogen and oxygen atoms in total. The van der Waals surface area contributed by atoms with Gasteiger partial charge in [-0.2, -0.15) is 0 Å². The number of aromatic nitrogens is 1. The minimum Gasteiger partial charge on any atom is -0.471 e. The average molecular weight is 536 g/mol. The van der Waals surface area contributed by atoms with E-state index >= 15 is 0 Å². The Morgan fingerprint density at radius 3 is 2.59 bits per heavy atom. The molecule has 1 fully saturated rings. The molecule has 1 aromatic carbocycles. The SMILES string of the molecule is CC(=O)N[C@@H](Cc1cc(F)c(F)c(Cl)c1)[C@H](O)CN[C@H]1CC2(CCC2)Oc2ncc(CC(C)(C)C)cc21.